The molecule has 0 bridgehead atoms. The van der Waals surface area contributed by atoms with Gasteiger partial charge in [-0.15, -0.1) is 0 Å². The topological polar surface area (TPSA) is 40.6 Å². The van der Waals surface area contributed by atoms with Gasteiger partial charge in [0.25, 0.3) is 11.8 Å². The Labute approximate surface area is 172 Å². The number of carbonyl (C=O) groups excluding carboxylic acids is 2. The third-order valence-corrected chi connectivity index (χ3v) is 6.12. The van der Waals surface area contributed by atoms with Crippen molar-refractivity contribution in [3.05, 3.63) is 35.4 Å². The molecule has 0 heterocycles. The lowest BCUT2D eigenvalue weighted by Crippen LogP contribution is -2.47. The lowest BCUT2D eigenvalue weighted by Gasteiger charge is -2.36. The average molecular weight is 389 g/mol. The quantitative estimate of drug-likeness (QED) is 0.511. The van der Waals surface area contributed by atoms with E-state index in [4.69, 9.17) is 0 Å². The molecule has 0 spiro atoms. The third kappa shape index (κ3) is 5.36. The Kier molecular flexibility index (Phi) is 9.71. The smallest absolute Gasteiger partial charge is 0.255 e. The zero-order chi connectivity index (χ0) is 21.4. The maximum atomic E-state index is 13.5. The van der Waals surface area contributed by atoms with E-state index in [-0.39, 0.29) is 36.0 Å². The van der Waals surface area contributed by atoms with Gasteiger partial charge in [-0.1, -0.05) is 39.8 Å². The molecule has 4 atom stereocenters. The first-order valence-corrected chi connectivity index (χ1v) is 11.0. The average Bonchev–Trinajstić information content (AvgIpc) is 2.72. The van der Waals surface area contributed by atoms with Crippen molar-refractivity contribution < 1.29 is 9.59 Å². The van der Waals surface area contributed by atoms with Gasteiger partial charge in [-0.25, -0.2) is 0 Å². The van der Waals surface area contributed by atoms with Gasteiger partial charge < -0.3 is 9.80 Å². The third-order valence-electron chi connectivity index (χ3n) is 6.12. The molecule has 0 N–H and O–H groups in total. The fourth-order valence-corrected chi connectivity index (χ4v) is 3.59. The van der Waals surface area contributed by atoms with E-state index in [1.807, 2.05) is 21.9 Å². The number of benzene rings is 1. The molecule has 4 heteroatoms. The first kappa shape index (κ1) is 24.2. The summed E-state index contributed by atoms with van der Waals surface area (Å²) < 4.78 is 0. The summed E-state index contributed by atoms with van der Waals surface area (Å²) in [5, 5.41) is 0. The van der Waals surface area contributed by atoms with Gasteiger partial charge in [0.05, 0.1) is 11.1 Å². The Morgan fingerprint density at radius 1 is 0.643 bits per heavy atom. The summed E-state index contributed by atoms with van der Waals surface area (Å²) >= 11 is 0. The molecule has 0 saturated carbocycles. The lowest BCUT2D eigenvalue weighted by molar-refractivity contribution is 0.0556. The normalized spacial score (nSPS) is 15.4. The van der Waals surface area contributed by atoms with Crippen LogP contribution in [0.2, 0.25) is 0 Å². The Morgan fingerprint density at radius 3 is 1.11 bits per heavy atom. The minimum atomic E-state index is -0.0408. The van der Waals surface area contributed by atoms with Crippen LogP contribution in [0.4, 0.5) is 0 Å². The molecule has 0 fully saturated rings. The highest BCUT2D eigenvalue weighted by molar-refractivity contribution is 6.07. The molecule has 2 amide bonds. The highest BCUT2D eigenvalue weighted by atomic mass is 16.2. The molecular formula is C24H40N2O2. The second-order valence-electron chi connectivity index (χ2n) is 8.00. The van der Waals surface area contributed by atoms with Crippen LogP contribution in [0.15, 0.2) is 24.3 Å². The van der Waals surface area contributed by atoms with Crippen molar-refractivity contribution >= 4 is 11.8 Å². The Balaban J connectivity index is 3.42. The van der Waals surface area contributed by atoms with Gasteiger partial charge in [0.2, 0.25) is 0 Å². The molecule has 0 aliphatic rings. The fourth-order valence-electron chi connectivity index (χ4n) is 3.59. The molecular weight excluding hydrogens is 348 g/mol. The van der Waals surface area contributed by atoms with Crippen molar-refractivity contribution in [1.29, 1.82) is 0 Å². The van der Waals surface area contributed by atoms with Gasteiger partial charge in [0.15, 0.2) is 0 Å². The van der Waals surface area contributed by atoms with E-state index in [0.29, 0.717) is 11.1 Å². The molecule has 1 aromatic rings. The van der Waals surface area contributed by atoms with Crippen LogP contribution >= 0.6 is 0 Å². The number of rotatable bonds is 10. The molecule has 4 nitrogen and oxygen atoms in total. The summed E-state index contributed by atoms with van der Waals surface area (Å²) in [6.07, 6.45) is 3.55. The van der Waals surface area contributed by atoms with Crippen molar-refractivity contribution in [3.63, 3.8) is 0 Å². The molecule has 0 aliphatic heterocycles. The monoisotopic (exact) mass is 388 g/mol. The number of hydrogen-bond donors (Lipinski definition) is 0. The zero-order valence-electron chi connectivity index (χ0n) is 19.2. The first-order chi connectivity index (χ1) is 13.2. The van der Waals surface area contributed by atoms with Crippen molar-refractivity contribution in [2.75, 3.05) is 0 Å². The number of amides is 2. The van der Waals surface area contributed by atoms with E-state index in [1.165, 1.54) is 0 Å². The van der Waals surface area contributed by atoms with Crippen molar-refractivity contribution in [2.24, 2.45) is 0 Å². The van der Waals surface area contributed by atoms with Crippen molar-refractivity contribution in [3.8, 4) is 0 Å². The molecule has 0 aromatic heterocycles. The van der Waals surface area contributed by atoms with Gasteiger partial charge in [-0.05, 0) is 65.5 Å². The predicted octanol–water partition coefficient (Wildman–Crippen LogP) is 5.77. The second-order valence-corrected chi connectivity index (χ2v) is 8.00. The largest absolute Gasteiger partial charge is 0.333 e. The van der Waals surface area contributed by atoms with Gasteiger partial charge in [0.1, 0.15) is 0 Å². The molecule has 28 heavy (non-hydrogen) atoms. The van der Waals surface area contributed by atoms with Crippen LogP contribution in [0.25, 0.3) is 0 Å². The van der Waals surface area contributed by atoms with Crippen LogP contribution in [0.3, 0.4) is 0 Å². The SMILES string of the molecule is CC[C@@H](C)N(C(=O)c1ccccc1C(=O)N([C@@H](C)CC)[C@@H](C)CC)[C@H](C)CC. The summed E-state index contributed by atoms with van der Waals surface area (Å²) in [4.78, 5) is 30.9. The number of hydrogen-bond acceptors (Lipinski definition) is 2. The summed E-state index contributed by atoms with van der Waals surface area (Å²) in [6.45, 7) is 16.7. The first-order valence-electron chi connectivity index (χ1n) is 11.0. The molecule has 0 unspecified atom stereocenters. The Morgan fingerprint density at radius 2 is 0.893 bits per heavy atom. The predicted molar refractivity (Wildman–Crippen MR) is 118 cm³/mol. The molecule has 0 saturated heterocycles. The highest BCUT2D eigenvalue weighted by Gasteiger charge is 2.31. The highest BCUT2D eigenvalue weighted by Crippen LogP contribution is 2.23. The minimum absolute atomic E-state index is 0.0408. The van der Waals surface area contributed by atoms with Crippen LogP contribution in [-0.4, -0.2) is 45.8 Å². The minimum Gasteiger partial charge on any atom is -0.333 e. The van der Waals surface area contributed by atoms with E-state index < -0.39 is 0 Å². The number of nitrogens with zero attached hydrogens (tertiary/aromatic N) is 2. The van der Waals surface area contributed by atoms with E-state index in [0.717, 1.165) is 25.7 Å². The van der Waals surface area contributed by atoms with Gasteiger partial charge >= 0.3 is 0 Å². The van der Waals surface area contributed by atoms with Crippen LogP contribution < -0.4 is 0 Å². The summed E-state index contributed by atoms with van der Waals surface area (Å²) in [5.41, 5.74) is 1.04. The fraction of sp³-hybridized carbons (Fsp3) is 0.667. The van der Waals surface area contributed by atoms with Crippen LogP contribution in [0, 0.1) is 0 Å². The van der Waals surface area contributed by atoms with Crippen molar-refractivity contribution in [2.45, 2.75) is 105 Å². The maximum absolute atomic E-state index is 13.5. The van der Waals surface area contributed by atoms with Crippen LogP contribution in [0.5, 0.6) is 0 Å². The van der Waals surface area contributed by atoms with E-state index in [1.54, 1.807) is 12.1 Å². The Hall–Kier alpha value is -1.84. The van der Waals surface area contributed by atoms with Gasteiger partial charge in [-0.2, -0.15) is 0 Å². The molecule has 158 valence electrons. The van der Waals surface area contributed by atoms with E-state index in [9.17, 15) is 9.59 Å². The molecule has 1 aromatic carbocycles. The van der Waals surface area contributed by atoms with Crippen LogP contribution in [0.1, 0.15) is 102 Å². The summed E-state index contributed by atoms with van der Waals surface area (Å²) in [7, 11) is 0. The summed E-state index contributed by atoms with van der Waals surface area (Å²) in [5.74, 6) is -0.0817. The zero-order valence-corrected chi connectivity index (χ0v) is 19.2. The van der Waals surface area contributed by atoms with Crippen molar-refractivity contribution in [1.82, 2.24) is 9.80 Å². The lowest BCUT2D eigenvalue weighted by atomic mass is 10.00. The molecule has 0 aliphatic carbocycles. The second kappa shape index (κ2) is 11.2. The van der Waals surface area contributed by atoms with Gasteiger partial charge in [0, 0.05) is 24.2 Å². The standard InChI is InChI=1S/C24H40N2O2/c1-9-17(5)25(18(6)10-2)23(27)21-15-13-14-16-22(21)24(28)26(19(7)11-3)20(8)12-4/h13-20H,9-12H2,1-8H3/t17-,18-,19+,20+. The molecule has 1 rings (SSSR count). The molecule has 0 radical (unpaired) electrons. The van der Waals surface area contributed by atoms with E-state index in [2.05, 4.69) is 55.4 Å². The Bertz CT molecular complexity index is 568. The van der Waals surface area contributed by atoms with Gasteiger partial charge in [-0.3, -0.25) is 9.59 Å². The maximum Gasteiger partial charge on any atom is 0.255 e. The van der Waals surface area contributed by atoms with E-state index >= 15 is 0 Å². The summed E-state index contributed by atoms with van der Waals surface area (Å²) in [6, 6.07) is 7.84. The van der Waals surface area contributed by atoms with Crippen LogP contribution in [-0.2, 0) is 0 Å². The number of carbonyl (C=O) groups is 2.